The molecule has 1 aromatic heterocycles. The van der Waals surface area contributed by atoms with Crippen LogP contribution in [0.3, 0.4) is 0 Å². The normalized spacial score (nSPS) is 10.9. The molecule has 0 saturated carbocycles. The van der Waals surface area contributed by atoms with E-state index in [1.807, 2.05) is 19.1 Å². The molecule has 1 heterocycles. The Balaban J connectivity index is 1.62. The van der Waals surface area contributed by atoms with Gasteiger partial charge in [0.1, 0.15) is 11.0 Å². The summed E-state index contributed by atoms with van der Waals surface area (Å²) in [4.78, 5) is 16.9. The van der Waals surface area contributed by atoms with Gasteiger partial charge in [-0.25, -0.2) is 0 Å². The van der Waals surface area contributed by atoms with E-state index >= 15 is 0 Å². The SMILES string of the molecule is CCN(CC)c1ccc(-n2nc3cc(C)c(NC(=O)c4ccc(OC)c(OC)c4)cc3n2)c(C)c1. The first kappa shape index (κ1) is 24.1. The summed E-state index contributed by atoms with van der Waals surface area (Å²) in [5.74, 6) is 0.819. The summed E-state index contributed by atoms with van der Waals surface area (Å²) < 4.78 is 10.6. The molecule has 0 radical (unpaired) electrons. The molecule has 0 saturated heterocycles. The van der Waals surface area contributed by atoms with Crippen molar-refractivity contribution in [2.75, 3.05) is 37.5 Å². The lowest BCUT2D eigenvalue weighted by molar-refractivity contribution is 0.102. The molecule has 0 spiro atoms. The van der Waals surface area contributed by atoms with Crippen LogP contribution in [0.5, 0.6) is 11.5 Å². The van der Waals surface area contributed by atoms with Crippen molar-refractivity contribution in [2.24, 2.45) is 0 Å². The van der Waals surface area contributed by atoms with Crippen molar-refractivity contribution in [2.45, 2.75) is 27.7 Å². The third-order valence-corrected chi connectivity index (χ3v) is 6.14. The highest BCUT2D eigenvalue weighted by atomic mass is 16.5. The molecule has 0 aliphatic carbocycles. The van der Waals surface area contributed by atoms with Gasteiger partial charge >= 0.3 is 0 Å². The zero-order valence-corrected chi connectivity index (χ0v) is 21.0. The summed E-state index contributed by atoms with van der Waals surface area (Å²) in [6.45, 7) is 10.2. The van der Waals surface area contributed by atoms with E-state index in [4.69, 9.17) is 14.6 Å². The van der Waals surface area contributed by atoms with Crippen molar-refractivity contribution in [3.63, 3.8) is 0 Å². The molecule has 0 atom stereocenters. The lowest BCUT2D eigenvalue weighted by atomic mass is 10.1. The Labute approximate surface area is 205 Å². The molecule has 1 amide bonds. The zero-order chi connectivity index (χ0) is 25.1. The second kappa shape index (κ2) is 10.0. The summed E-state index contributed by atoms with van der Waals surface area (Å²) in [6.07, 6.45) is 0. The van der Waals surface area contributed by atoms with Gasteiger partial charge in [-0.15, -0.1) is 10.2 Å². The van der Waals surface area contributed by atoms with Crippen LogP contribution < -0.4 is 19.7 Å². The molecule has 3 aromatic carbocycles. The summed E-state index contributed by atoms with van der Waals surface area (Å²) in [5, 5.41) is 12.4. The molecule has 0 fully saturated rings. The van der Waals surface area contributed by atoms with Crippen LogP contribution >= 0.6 is 0 Å². The smallest absolute Gasteiger partial charge is 0.255 e. The number of nitrogens with one attached hydrogen (secondary N) is 1. The maximum absolute atomic E-state index is 12.9. The quantitative estimate of drug-likeness (QED) is 0.381. The number of carbonyl (C=O) groups is 1. The van der Waals surface area contributed by atoms with Crippen molar-refractivity contribution in [3.05, 3.63) is 65.2 Å². The number of methoxy groups -OCH3 is 2. The van der Waals surface area contributed by atoms with Gasteiger partial charge in [0.25, 0.3) is 5.91 Å². The number of anilines is 2. The minimum atomic E-state index is -0.247. The Morgan fingerprint density at radius 2 is 1.57 bits per heavy atom. The van der Waals surface area contributed by atoms with E-state index < -0.39 is 0 Å². The number of ether oxygens (including phenoxy) is 2. The molecule has 0 aliphatic rings. The molecule has 1 N–H and O–H groups in total. The Hall–Kier alpha value is -4.07. The van der Waals surface area contributed by atoms with Gasteiger partial charge in [-0.05, 0) is 87.4 Å². The van der Waals surface area contributed by atoms with E-state index in [1.54, 1.807) is 37.2 Å². The zero-order valence-electron chi connectivity index (χ0n) is 21.0. The molecule has 35 heavy (non-hydrogen) atoms. The molecular weight excluding hydrogens is 442 g/mol. The fourth-order valence-corrected chi connectivity index (χ4v) is 4.13. The lowest BCUT2D eigenvalue weighted by Crippen LogP contribution is -2.21. The fourth-order valence-electron chi connectivity index (χ4n) is 4.13. The predicted octanol–water partition coefficient (Wildman–Crippen LogP) is 5.15. The number of benzene rings is 3. The molecule has 0 unspecified atom stereocenters. The number of amides is 1. The molecule has 0 aliphatic heterocycles. The van der Waals surface area contributed by atoms with E-state index in [0.717, 1.165) is 35.4 Å². The average Bonchev–Trinajstić information content (AvgIpc) is 3.26. The van der Waals surface area contributed by atoms with Crippen molar-refractivity contribution in [1.29, 1.82) is 0 Å². The minimum absolute atomic E-state index is 0.247. The second-order valence-corrected chi connectivity index (χ2v) is 8.31. The second-order valence-electron chi connectivity index (χ2n) is 8.31. The lowest BCUT2D eigenvalue weighted by Gasteiger charge is -2.22. The highest BCUT2D eigenvalue weighted by Crippen LogP contribution is 2.29. The summed E-state index contributed by atoms with van der Waals surface area (Å²) in [7, 11) is 3.10. The van der Waals surface area contributed by atoms with Gasteiger partial charge in [-0.1, -0.05) is 0 Å². The number of rotatable bonds is 8. The van der Waals surface area contributed by atoms with Gasteiger partial charge < -0.3 is 19.7 Å². The van der Waals surface area contributed by atoms with Crippen molar-refractivity contribution in [3.8, 4) is 17.2 Å². The maximum atomic E-state index is 12.9. The highest BCUT2D eigenvalue weighted by molar-refractivity contribution is 6.05. The summed E-state index contributed by atoms with van der Waals surface area (Å²) >= 11 is 0. The summed E-state index contributed by atoms with van der Waals surface area (Å²) in [6, 6.07) is 15.2. The molecule has 182 valence electrons. The van der Waals surface area contributed by atoms with Crippen LogP contribution in [0.2, 0.25) is 0 Å². The van der Waals surface area contributed by atoms with E-state index in [1.165, 1.54) is 5.69 Å². The first-order chi connectivity index (χ1) is 16.9. The van der Waals surface area contributed by atoms with E-state index in [-0.39, 0.29) is 5.91 Å². The van der Waals surface area contributed by atoms with Gasteiger partial charge in [0.15, 0.2) is 11.5 Å². The third kappa shape index (κ3) is 4.77. The number of aryl methyl sites for hydroxylation is 2. The number of hydrogen-bond acceptors (Lipinski definition) is 6. The van der Waals surface area contributed by atoms with Crippen molar-refractivity contribution < 1.29 is 14.3 Å². The predicted molar refractivity (Wildman–Crippen MR) is 139 cm³/mol. The monoisotopic (exact) mass is 473 g/mol. The summed E-state index contributed by atoms with van der Waals surface area (Å²) in [5.41, 5.74) is 6.70. The molecule has 4 aromatic rings. The van der Waals surface area contributed by atoms with Crippen LogP contribution in [0.15, 0.2) is 48.5 Å². The Morgan fingerprint density at radius 3 is 2.20 bits per heavy atom. The first-order valence-electron chi connectivity index (χ1n) is 11.7. The molecule has 0 bridgehead atoms. The van der Waals surface area contributed by atoms with Crippen LogP contribution in [-0.2, 0) is 0 Å². The van der Waals surface area contributed by atoms with Gasteiger partial charge in [0.2, 0.25) is 0 Å². The molecular formula is C27H31N5O3. The molecule has 8 heteroatoms. The number of hydrogen-bond donors (Lipinski definition) is 1. The van der Waals surface area contributed by atoms with E-state index in [0.29, 0.717) is 28.3 Å². The van der Waals surface area contributed by atoms with Crippen LogP contribution in [-0.4, -0.2) is 48.2 Å². The Kier molecular flexibility index (Phi) is 6.91. The number of fused-ring (bicyclic) bond motifs is 1. The highest BCUT2D eigenvalue weighted by Gasteiger charge is 2.15. The van der Waals surface area contributed by atoms with Crippen molar-refractivity contribution >= 4 is 28.3 Å². The number of aromatic nitrogens is 3. The Bertz CT molecular complexity index is 1380. The number of nitrogens with zero attached hydrogens (tertiary/aromatic N) is 4. The fraction of sp³-hybridized carbons (Fsp3) is 0.296. The van der Waals surface area contributed by atoms with Gasteiger partial charge in [-0.2, -0.15) is 4.80 Å². The minimum Gasteiger partial charge on any atom is -0.493 e. The van der Waals surface area contributed by atoms with Crippen LogP contribution in [0.4, 0.5) is 11.4 Å². The topological polar surface area (TPSA) is 81.5 Å². The largest absolute Gasteiger partial charge is 0.493 e. The maximum Gasteiger partial charge on any atom is 0.255 e. The van der Waals surface area contributed by atoms with Crippen molar-refractivity contribution in [1.82, 2.24) is 15.0 Å². The molecule has 4 rings (SSSR count). The van der Waals surface area contributed by atoms with E-state index in [9.17, 15) is 4.79 Å². The van der Waals surface area contributed by atoms with Gasteiger partial charge in [0.05, 0.1) is 19.9 Å². The Morgan fingerprint density at radius 1 is 0.886 bits per heavy atom. The van der Waals surface area contributed by atoms with Crippen LogP contribution in [0, 0.1) is 13.8 Å². The van der Waals surface area contributed by atoms with Crippen LogP contribution in [0.1, 0.15) is 35.3 Å². The van der Waals surface area contributed by atoms with Gasteiger partial charge in [-0.3, -0.25) is 4.79 Å². The van der Waals surface area contributed by atoms with Gasteiger partial charge in [0, 0.05) is 30.0 Å². The third-order valence-electron chi connectivity index (χ3n) is 6.14. The standard InChI is InChI=1S/C27H31N5O3/c1-7-31(8-2)20-10-11-24(18(4)13-20)32-29-22-14-17(3)21(16-23(22)30-32)28-27(33)19-9-12-25(34-5)26(15-19)35-6/h9-16H,7-8H2,1-6H3,(H,28,33). The first-order valence-corrected chi connectivity index (χ1v) is 11.7. The average molecular weight is 474 g/mol. The van der Waals surface area contributed by atoms with E-state index in [2.05, 4.69) is 54.3 Å². The molecule has 8 nitrogen and oxygen atoms in total. The van der Waals surface area contributed by atoms with Crippen LogP contribution in [0.25, 0.3) is 16.7 Å². The number of carbonyl (C=O) groups excluding carboxylic acids is 1.